The Labute approximate surface area is 70.9 Å². The van der Waals surface area contributed by atoms with Gasteiger partial charge in [-0.05, 0) is 13.5 Å². The summed E-state index contributed by atoms with van der Waals surface area (Å²) in [5.41, 5.74) is -0.331. The molecule has 0 bridgehead atoms. The summed E-state index contributed by atoms with van der Waals surface area (Å²) in [6.45, 7) is -0.00158. The summed E-state index contributed by atoms with van der Waals surface area (Å²) in [5, 5.41) is 26.8. The molecule has 5 heteroatoms. The lowest BCUT2D eigenvalue weighted by atomic mass is 10.1. The van der Waals surface area contributed by atoms with Crippen molar-refractivity contribution in [2.24, 2.45) is 0 Å². The molecule has 12 heavy (non-hydrogen) atoms. The molecule has 0 aliphatic rings. The Balaban J connectivity index is 3.85. The Bertz CT molecular complexity index is 170. The molecule has 0 aromatic heterocycles. The molecule has 0 spiro atoms. The highest BCUT2D eigenvalue weighted by Gasteiger charge is 2.13. The molecule has 0 fully saturated rings. The van der Waals surface area contributed by atoms with Crippen LogP contribution in [0.1, 0.15) is 12.8 Å². The van der Waals surface area contributed by atoms with E-state index in [9.17, 15) is 4.79 Å². The van der Waals surface area contributed by atoms with Crippen molar-refractivity contribution in [1.82, 2.24) is 5.32 Å². The number of nitrogens with one attached hydrogen (secondary N) is 2. The van der Waals surface area contributed by atoms with E-state index in [4.69, 9.17) is 15.6 Å². The lowest BCUT2D eigenvalue weighted by Gasteiger charge is -2.12. The first-order valence-corrected chi connectivity index (χ1v) is 3.70. The van der Waals surface area contributed by atoms with E-state index in [-0.39, 0.29) is 24.8 Å². The molecule has 1 atom stereocenters. The Hall–Kier alpha value is -0.940. The third kappa shape index (κ3) is 4.05. The molecule has 0 saturated heterocycles. The van der Waals surface area contributed by atoms with Crippen LogP contribution in [0, 0.1) is 5.41 Å². The van der Waals surface area contributed by atoms with Crippen LogP contribution >= 0.6 is 0 Å². The summed E-state index contributed by atoms with van der Waals surface area (Å²) in [6, 6.07) is -0.126. The van der Waals surface area contributed by atoms with Crippen LogP contribution < -0.4 is 5.32 Å². The maximum Gasteiger partial charge on any atom is 0.349 e. The van der Waals surface area contributed by atoms with Crippen molar-refractivity contribution < 1.29 is 15.0 Å². The van der Waals surface area contributed by atoms with Gasteiger partial charge in [0.1, 0.15) is 5.71 Å². The van der Waals surface area contributed by atoms with E-state index in [0.29, 0.717) is 6.42 Å². The van der Waals surface area contributed by atoms with Crippen LogP contribution in [0.25, 0.3) is 0 Å². The molecule has 0 heterocycles. The summed E-state index contributed by atoms with van der Waals surface area (Å²) in [6.07, 6.45) is 0.610. The molecular weight excluding hydrogens is 160 g/mol. The third-order valence-electron chi connectivity index (χ3n) is 1.59. The van der Waals surface area contributed by atoms with Gasteiger partial charge in [-0.15, -0.1) is 0 Å². The van der Waals surface area contributed by atoms with Gasteiger partial charge < -0.3 is 15.5 Å². The summed E-state index contributed by atoms with van der Waals surface area (Å²) >= 11 is 0. The van der Waals surface area contributed by atoms with E-state index in [1.54, 1.807) is 7.05 Å². The predicted molar refractivity (Wildman–Crippen MR) is 44.5 cm³/mol. The minimum Gasteiger partial charge on any atom is -0.477 e. The molecule has 70 valence electrons. The Morgan fingerprint density at radius 3 is 2.58 bits per heavy atom. The van der Waals surface area contributed by atoms with Crippen LogP contribution in [0.4, 0.5) is 0 Å². The fourth-order valence-corrected chi connectivity index (χ4v) is 0.838. The molecule has 5 nitrogen and oxygen atoms in total. The van der Waals surface area contributed by atoms with Crippen molar-refractivity contribution in [3.63, 3.8) is 0 Å². The van der Waals surface area contributed by atoms with Crippen molar-refractivity contribution in [2.45, 2.75) is 18.9 Å². The highest BCUT2D eigenvalue weighted by molar-refractivity contribution is 6.34. The van der Waals surface area contributed by atoms with Crippen molar-refractivity contribution in [2.75, 3.05) is 13.7 Å². The van der Waals surface area contributed by atoms with E-state index in [1.165, 1.54) is 0 Å². The second kappa shape index (κ2) is 5.68. The summed E-state index contributed by atoms with van der Waals surface area (Å²) in [7, 11) is 1.68. The van der Waals surface area contributed by atoms with Gasteiger partial charge in [0, 0.05) is 19.1 Å². The van der Waals surface area contributed by atoms with Gasteiger partial charge in [-0.25, -0.2) is 4.79 Å². The lowest BCUT2D eigenvalue weighted by Crippen LogP contribution is -2.31. The molecule has 0 aromatic rings. The molecule has 0 radical (unpaired) electrons. The minimum absolute atomic E-state index is 0.00158. The second-order valence-corrected chi connectivity index (χ2v) is 2.49. The molecule has 0 saturated carbocycles. The molecule has 0 aliphatic carbocycles. The van der Waals surface area contributed by atoms with Gasteiger partial charge in [-0.2, -0.15) is 0 Å². The Morgan fingerprint density at radius 1 is 1.67 bits per heavy atom. The largest absolute Gasteiger partial charge is 0.477 e. The second-order valence-electron chi connectivity index (χ2n) is 2.49. The normalized spacial score (nSPS) is 12.5. The van der Waals surface area contributed by atoms with Gasteiger partial charge >= 0.3 is 5.97 Å². The van der Waals surface area contributed by atoms with E-state index in [2.05, 4.69) is 5.32 Å². The van der Waals surface area contributed by atoms with E-state index < -0.39 is 5.97 Å². The molecule has 4 N–H and O–H groups in total. The summed E-state index contributed by atoms with van der Waals surface area (Å²) in [5.74, 6) is -1.20. The maximum absolute atomic E-state index is 10.2. The van der Waals surface area contributed by atoms with Crippen LogP contribution in [0.2, 0.25) is 0 Å². The van der Waals surface area contributed by atoms with Crippen molar-refractivity contribution in [1.29, 1.82) is 5.41 Å². The average Bonchev–Trinajstić information content (AvgIpc) is 2.03. The molecular formula is C7H14N2O3. The SMILES string of the molecule is CNC(CCO)CC(=N)C(=O)O. The number of carbonyl (C=O) groups is 1. The number of hydrogen-bond donors (Lipinski definition) is 4. The van der Waals surface area contributed by atoms with Gasteiger partial charge in [0.05, 0.1) is 0 Å². The quantitative estimate of drug-likeness (QED) is 0.406. The van der Waals surface area contributed by atoms with Gasteiger partial charge in [-0.1, -0.05) is 0 Å². The van der Waals surface area contributed by atoms with Crippen molar-refractivity contribution in [3.05, 3.63) is 0 Å². The van der Waals surface area contributed by atoms with E-state index in [0.717, 1.165) is 0 Å². The highest BCUT2D eigenvalue weighted by atomic mass is 16.4. The Kier molecular flexibility index (Phi) is 5.23. The monoisotopic (exact) mass is 174 g/mol. The number of carboxylic acids is 1. The molecule has 0 aliphatic heterocycles. The highest BCUT2D eigenvalue weighted by Crippen LogP contribution is 1.98. The fourth-order valence-electron chi connectivity index (χ4n) is 0.838. The lowest BCUT2D eigenvalue weighted by molar-refractivity contribution is -0.129. The smallest absolute Gasteiger partial charge is 0.349 e. The van der Waals surface area contributed by atoms with Crippen molar-refractivity contribution >= 4 is 11.7 Å². The number of carboxylic acid groups (broad SMARTS) is 1. The first-order valence-electron chi connectivity index (χ1n) is 3.70. The standard InChI is InChI=1S/C7H14N2O3/c1-9-5(2-3-10)4-6(8)7(11)12/h5,8-10H,2-4H2,1H3,(H,11,12). The third-order valence-corrected chi connectivity index (χ3v) is 1.59. The zero-order chi connectivity index (χ0) is 9.56. The zero-order valence-electron chi connectivity index (χ0n) is 7.00. The predicted octanol–water partition coefficient (Wildman–Crippen LogP) is -0.549. The van der Waals surface area contributed by atoms with Crippen LogP contribution in [0.5, 0.6) is 0 Å². The molecule has 0 aromatic carbocycles. The van der Waals surface area contributed by atoms with E-state index >= 15 is 0 Å². The molecule has 0 amide bonds. The van der Waals surface area contributed by atoms with Crippen LogP contribution in [-0.4, -0.2) is 41.6 Å². The van der Waals surface area contributed by atoms with Crippen molar-refractivity contribution in [3.8, 4) is 0 Å². The summed E-state index contributed by atoms with van der Waals surface area (Å²) < 4.78 is 0. The zero-order valence-corrected chi connectivity index (χ0v) is 7.00. The van der Waals surface area contributed by atoms with Crippen LogP contribution in [-0.2, 0) is 4.79 Å². The van der Waals surface area contributed by atoms with Gasteiger partial charge in [0.25, 0.3) is 0 Å². The average molecular weight is 174 g/mol. The Morgan fingerprint density at radius 2 is 2.25 bits per heavy atom. The fraction of sp³-hybridized carbons (Fsp3) is 0.714. The molecule has 1 unspecified atom stereocenters. The maximum atomic E-state index is 10.2. The van der Waals surface area contributed by atoms with Crippen LogP contribution in [0.3, 0.4) is 0 Å². The number of hydrogen-bond acceptors (Lipinski definition) is 4. The van der Waals surface area contributed by atoms with Gasteiger partial charge in [0.2, 0.25) is 0 Å². The minimum atomic E-state index is -1.20. The molecule has 0 rings (SSSR count). The summed E-state index contributed by atoms with van der Waals surface area (Å²) in [4.78, 5) is 10.2. The topological polar surface area (TPSA) is 93.4 Å². The first kappa shape index (κ1) is 11.1. The van der Waals surface area contributed by atoms with Gasteiger partial charge in [-0.3, -0.25) is 5.41 Å². The van der Waals surface area contributed by atoms with Gasteiger partial charge in [0.15, 0.2) is 0 Å². The van der Waals surface area contributed by atoms with E-state index in [1.807, 2.05) is 0 Å². The number of aliphatic hydroxyl groups is 1. The number of aliphatic hydroxyl groups excluding tert-OH is 1. The van der Waals surface area contributed by atoms with Crippen LogP contribution in [0.15, 0.2) is 0 Å². The first-order chi connectivity index (χ1) is 5.61. The number of rotatable bonds is 6. The number of aliphatic carboxylic acids is 1.